The van der Waals surface area contributed by atoms with Crippen molar-refractivity contribution in [3.8, 4) is 0 Å². The number of para-hydroxylation sites is 2. The van der Waals surface area contributed by atoms with Gasteiger partial charge in [0.15, 0.2) is 0 Å². The molecule has 1 unspecified atom stereocenters. The molecule has 1 aliphatic heterocycles. The Morgan fingerprint density at radius 2 is 2.17 bits per heavy atom. The molecule has 1 fully saturated rings. The Morgan fingerprint density at radius 1 is 1.33 bits per heavy atom. The van der Waals surface area contributed by atoms with Crippen LogP contribution in [0.1, 0.15) is 0 Å². The van der Waals surface area contributed by atoms with Gasteiger partial charge in [-0.05, 0) is 12.1 Å². The molecule has 3 rings (SSSR count). The molecular weight excluding hydrogens is 250 g/mol. The first-order valence-electron chi connectivity index (χ1n) is 6.01. The van der Waals surface area contributed by atoms with Gasteiger partial charge in [0.1, 0.15) is 5.82 Å². The predicted octanol–water partition coefficient (Wildman–Crippen LogP) is 2.07. The number of aromatic nitrogens is 2. The molecule has 1 aliphatic rings. The van der Waals surface area contributed by atoms with Crippen LogP contribution in [0.25, 0.3) is 11.0 Å². The Morgan fingerprint density at radius 3 is 3.00 bits per heavy atom. The Kier molecular flexibility index (Phi) is 3.30. The number of alkyl halides is 1. The third kappa shape index (κ3) is 2.26. The molecule has 1 atom stereocenters. The van der Waals surface area contributed by atoms with Crippen LogP contribution in [-0.2, 0) is 4.74 Å². The monoisotopic (exact) mass is 263 g/mol. The highest BCUT2D eigenvalue weighted by molar-refractivity contribution is 6.18. The number of benzene rings is 1. The third-order valence-electron chi connectivity index (χ3n) is 3.07. The number of nitrogens with zero attached hydrogens (tertiary/aromatic N) is 3. The highest BCUT2D eigenvalue weighted by Gasteiger charge is 2.20. The van der Waals surface area contributed by atoms with E-state index in [0.717, 1.165) is 29.9 Å². The van der Waals surface area contributed by atoms with E-state index in [1.807, 2.05) is 30.5 Å². The molecule has 0 N–H and O–H groups in total. The smallest absolute Gasteiger partial charge is 0.148 e. The van der Waals surface area contributed by atoms with E-state index in [9.17, 15) is 0 Å². The van der Waals surface area contributed by atoms with Crippen LogP contribution in [0, 0.1) is 0 Å². The number of hydrogen-bond acceptors (Lipinski definition) is 4. The maximum Gasteiger partial charge on any atom is 0.148 e. The number of fused-ring (bicyclic) bond motifs is 1. The molecule has 1 aromatic carbocycles. The molecule has 1 saturated heterocycles. The number of rotatable bonds is 2. The van der Waals surface area contributed by atoms with E-state index in [4.69, 9.17) is 16.3 Å². The largest absolute Gasteiger partial charge is 0.373 e. The van der Waals surface area contributed by atoms with E-state index >= 15 is 0 Å². The summed E-state index contributed by atoms with van der Waals surface area (Å²) in [6.45, 7) is 2.29. The lowest BCUT2D eigenvalue weighted by molar-refractivity contribution is 0.0552. The van der Waals surface area contributed by atoms with Crippen molar-refractivity contribution < 1.29 is 4.74 Å². The average molecular weight is 264 g/mol. The second-order valence-electron chi connectivity index (χ2n) is 4.31. The molecule has 1 aromatic heterocycles. The summed E-state index contributed by atoms with van der Waals surface area (Å²) in [4.78, 5) is 11.2. The number of hydrogen-bond donors (Lipinski definition) is 0. The second kappa shape index (κ2) is 5.08. The van der Waals surface area contributed by atoms with Gasteiger partial charge in [0.25, 0.3) is 0 Å². The first-order valence-corrected chi connectivity index (χ1v) is 6.54. The first-order chi connectivity index (χ1) is 8.86. The molecule has 18 heavy (non-hydrogen) atoms. The molecule has 0 amide bonds. The molecule has 0 spiro atoms. The molecule has 94 valence electrons. The van der Waals surface area contributed by atoms with Crippen molar-refractivity contribution in [3.05, 3.63) is 30.5 Å². The van der Waals surface area contributed by atoms with Crippen LogP contribution in [0.4, 0.5) is 5.82 Å². The quantitative estimate of drug-likeness (QED) is 0.778. The Labute approximate surface area is 111 Å². The van der Waals surface area contributed by atoms with Crippen molar-refractivity contribution >= 4 is 28.5 Å². The van der Waals surface area contributed by atoms with E-state index in [-0.39, 0.29) is 6.10 Å². The molecule has 0 radical (unpaired) electrons. The van der Waals surface area contributed by atoms with E-state index in [1.54, 1.807) is 0 Å². The predicted molar refractivity (Wildman–Crippen MR) is 72.2 cm³/mol. The summed E-state index contributed by atoms with van der Waals surface area (Å²) in [7, 11) is 0. The van der Waals surface area contributed by atoms with Gasteiger partial charge in [-0.1, -0.05) is 12.1 Å². The molecule has 0 saturated carbocycles. The zero-order valence-corrected chi connectivity index (χ0v) is 10.7. The van der Waals surface area contributed by atoms with Crippen molar-refractivity contribution in [1.29, 1.82) is 0 Å². The third-order valence-corrected chi connectivity index (χ3v) is 3.41. The maximum atomic E-state index is 5.84. The van der Waals surface area contributed by atoms with Crippen molar-refractivity contribution in [1.82, 2.24) is 9.97 Å². The highest BCUT2D eigenvalue weighted by Crippen LogP contribution is 2.18. The standard InChI is InChI=1S/C13H14ClN3O/c14-7-10-9-17(5-6-18-10)13-8-15-11-3-1-2-4-12(11)16-13/h1-4,8,10H,5-7,9H2. The van der Waals surface area contributed by atoms with E-state index < -0.39 is 0 Å². The molecule has 0 bridgehead atoms. The summed E-state index contributed by atoms with van der Waals surface area (Å²) in [5, 5.41) is 0. The lowest BCUT2D eigenvalue weighted by Crippen LogP contribution is -2.43. The summed E-state index contributed by atoms with van der Waals surface area (Å²) < 4.78 is 5.54. The van der Waals surface area contributed by atoms with Gasteiger partial charge < -0.3 is 9.64 Å². The molecule has 2 aromatic rings. The van der Waals surface area contributed by atoms with Crippen molar-refractivity contribution in [2.75, 3.05) is 30.5 Å². The summed E-state index contributed by atoms with van der Waals surface area (Å²) in [6.07, 6.45) is 1.90. The average Bonchev–Trinajstić information content (AvgIpc) is 2.47. The molecule has 0 aliphatic carbocycles. The molecule has 5 heteroatoms. The number of halogens is 1. The Bertz CT molecular complexity index is 549. The zero-order chi connectivity index (χ0) is 12.4. The van der Waals surface area contributed by atoms with Crippen molar-refractivity contribution in [3.63, 3.8) is 0 Å². The highest BCUT2D eigenvalue weighted by atomic mass is 35.5. The first kappa shape index (κ1) is 11.7. The van der Waals surface area contributed by atoms with Gasteiger partial charge in [0, 0.05) is 13.1 Å². The van der Waals surface area contributed by atoms with Gasteiger partial charge in [0.2, 0.25) is 0 Å². The molecular formula is C13H14ClN3O. The van der Waals surface area contributed by atoms with E-state index in [2.05, 4.69) is 14.9 Å². The molecule has 2 heterocycles. The van der Waals surface area contributed by atoms with E-state index in [0.29, 0.717) is 12.5 Å². The van der Waals surface area contributed by atoms with Gasteiger partial charge in [-0.15, -0.1) is 11.6 Å². The number of ether oxygens (including phenoxy) is 1. The maximum absolute atomic E-state index is 5.84. The van der Waals surface area contributed by atoms with E-state index in [1.165, 1.54) is 0 Å². The normalized spacial score (nSPS) is 20.3. The number of anilines is 1. The van der Waals surface area contributed by atoms with Crippen LogP contribution in [-0.4, -0.2) is 41.6 Å². The SMILES string of the molecule is ClCC1CN(c2cnc3ccccc3n2)CCO1. The van der Waals surface area contributed by atoms with Gasteiger partial charge >= 0.3 is 0 Å². The second-order valence-corrected chi connectivity index (χ2v) is 4.62. The molecule has 4 nitrogen and oxygen atoms in total. The fraction of sp³-hybridized carbons (Fsp3) is 0.385. The summed E-state index contributed by atoms with van der Waals surface area (Å²) >= 11 is 5.84. The van der Waals surface area contributed by atoms with Crippen molar-refractivity contribution in [2.45, 2.75) is 6.10 Å². The van der Waals surface area contributed by atoms with Crippen LogP contribution >= 0.6 is 11.6 Å². The van der Waals surface area contributed by atoms with Gasteiger partial charge in [0.05, 0.1) is 35.8 Å². The minimum Gasteiger partial charge on any atom is -0.373 e. The van der Waals surface area contributed by atoms with Crippen LogP contribution in [0.3, 0.4) is 0 Å². The Balaban J connectivity index is 1.89. The van der Waals surface area contributed by atoms with Gasteiger partial charge in [-0.25, -0.2) is 4.98 Å². The lowest BCUT2D eigenvalue weighted by Gasteiger charge is -2.32. The topological polar surface area (TPSA) is 38.2 Å². The summed E-state index contributed by atoms with van der Waals surface area (Å²) in [5.41, 5.74) is 1.84. The van der Waals surface area contributed by atoms with Crippen molar-refractivity contribution in [2.24, 2.45) is 0 Å². The number of morpholine rings is 1. The minimum absolute atomic E-state index is 0.0775. The zero-order valence-electron chi connectivity index (χ0n) is 9.92. The van der Waals surface area contributed by atoms with Crippen LogP contribution in [0.5, 0.6) is 0 Å². The Hall–Kier alpha value is -1.39. The summed E-state index contributed by atoms with van der Waals surface area (Å²) in [6, 6.07) is 7.88. The van der Waals surface area contributed by atoms with Gasteiger partial charge in [-0.2, -0.15) is 0 Å². The van der Waals surface area contributed by atoms with Gasteiger partial charge in [-0.3, -0.25) is 4.98 Å². The fourth-order valence-electron chi connectivity index (χ4n) is 2.12. The fourth-order valence-corrected chi connectivity index (χ4v) is 2.31. The van der Waals surface area contributed by atoms with Crippen LogP contribution < -0.4 is 4.90 Å². The lowest BCUT2D eigenvalue weighted by atomic mass is 10.3. The summed E-state index contributed by atoms with van der Waals surface area (Å²) in [5.74, 6) is 1.41. The minimum atomic E-state index is 0.0775. The van der Waals surface area contributed by atoms with Crippen LogP contribution in [0.15, 0.2) is 30.5 Å². The van der Waals surface area contributed by atoms with Crippen LogP contribution in [0.2, 0.25) is 0 Å².